The average Bonchev–Trinajstić information content (AvgIpc) is 3.03. The van der Waals surface area contributed by atoms with Crippen molar-refractivity contribution < 1.29 is 17.9 Å². The van der Waals surface area contributed by atoms with Crippen LogP contribution in [0.15, 0.2) is 53.5 Å². The van der Waals surface area contributed by atoms with Gasteiger partial charge in [0, 0.05) is 54.7 Å². The number of pyridine rings is 1. The van der Waals surface area contributed by atoms with Gasteiger partial charge in [-0.25, -0.2) is 18.2 Å². The number of likely N-dealkylation sites (N-methyl/N-ethyl adjacent to an activating group) is 1. The Morgan fingerprint density at radius 1 is 1.07 bits per heavy atom. The first-order chi connectivity index (χ1) is 21.7. The van der Waals surface area contributed by atoms with Crippen LogP contribution in [0.4, 0.5) is 24.8 Å². The highest BCUT2D eigenvalue weighted by molar-refractivity contribution is 7.99. The molecule has 2 N–H and O–H groups in total. The highest BCUT2D eigenvalue weighted by Gasteiger charge is 2.26. The first kappa shape index (κ1) is 32.8. The summed E-state index contributed by atoms with van der Waals surface area (Å²) in [6.45, 7) is 5.19. The van der Waals surface area contributed by atoms with Gasteiger partial charge in [-0.05, 0) is 76.2 Å². The van der Waals surface area contributed by atoms with Gasteiger partial charge in [0.15, 0.2) is 17.5 Å². The molecule has 8 nitrogen and oxygen atoms in total. The Labute approximate surface area is 265 Å². The molecule has 0 saturated heterocycles. The van der Waals surface area contributed by atoms with Gasteiger partial charge in [0.2, 0.25) is 5.95 Å². The van der Waals surface area contributed by atoms with E-state index in [2.05, 4.69) is 32.0 Å². The molecule has 2 heterocycles. The number of fused-ring (bicyclic) bond motifs is 1. The van der Waals surface area contributed by atoms with Gasteiger partial charge >= 0.3 is 0 Å². The first-order valence-corrected chi connectivity index (χ1v) is 16.1. The molecule has 1 saturated carbocycles. The van der Waals surface area contributed by atoms with E-state index in [1.54, 1.807) is 27.2 Å². The molecule has 2 aromatic carbocycles. The second-order valence-corrected chi connectivity index (χ2v) is 12.5. The number of methoxy groups -OCH3 is 1. The Kier molecular flexibility index (Phi) is 10.7. The maximum atomic E-state index is 15.5. The molecule has 0 radical (unpaired) electrons. The van der Waals surface area contributed by atoms with E-state index >= 15 is 13.2 Å². The van der Waals surface area contributed by atoms with E-state index in [4.69, 9.17) is 4.74 Å². The topological polar surface area (TPSA) is 84.3 Å². The molecule has 1 aliphatic carbocycles. The quantitative estimate of drug-likeness (QED) is 0.126. The van der Waals surface area contributed by atoms with Crippen molar-refractivity contribution in [3.63, 3.8) is 0 Å². The van der Waals surface area contributed by atoms with Gasteiger partial charge in [-0.15, -0.1) is 0 Å². The number of hydrogen-bond acceptors (Lipinski definition) is 8. The third-order valence-electron chi connectivity index (χ3n) is 8.30. The number of aromatic nitrogens is 3. The van der Waals surface area contributed by atoms with Crippen LogP contribution in [0, 0.1) is 17.5 Å². The van der Waals surface area contributed by atoms with E-state index in [1.165, 1.54) is 10.6 Å². The van der Waals surface area contributed by atoms with E-state index in [1.807, 2.05) is 30.3 Å². The van der Waals surface area contributed by atoms with Crippen LogP contribution in [-0.4, -0.2) is 58.8 Å². The molecule has 0 atom stereocenters. The fraction of sp³-hybridized carbons (Fsp3) is 0.424. The van der Waals surface area contributed by atoms with E-state index in [9.17, 15) is 4.79 Å². The molecule has 45 heavy (non-hydrogen) atoms. The summed E-state index contributed by atoms with van der Waals surface area (Å²) in [4.78, 5) is 25.2. The van der Waals surface area contributed by atoms with Crippen LogP contribution in [0.25, 0.3) is 22.2 Å². The smallest absolute Gasteiger partial charge is 0.260 e. The number of rotatable bonds is 12. The Balaban J connectivity index is 1.38. The Bertz CT molecular complexity index is 1680. The van der Waals surface area contributed by atoms with Crippen LogP contribution in [0.5, 0.6) is 0 Å². The van der Waals surface area contributed by atoms with Gasteiger partial charge in [0.25, 0.3) is 5.56 Å². The van der Waals surface area contributed by atoms with Gasteiger partial charge in [-0.1, -0.05) is 30.3 Å². The lowest BCUT2D eigenvalue weighted by Crippen LogP contribution is -2.39. The monoisotopic (exact) mass is 640 g/mol. The molecule has 12 heteroatoms. The SMILES string of the molecule is COCCN(C)C1CCC(Nc2ncc3cc(-c4cc(F)c(NSCc5ccccc5)c(F)c4F)c(=O)n(C(C)C)c3n2)CC1. The summed E-state index contributed by atoms with van der Waals surface area (Å²) < 4.78 is 55.0. The molecule has 0 amide bonds. The maximum Gasteiger partial charge on any atom is 0.260 e. The minimum Gasteiger partial charge on any atom is -0.383 e. The number of benzene rings is 2. The summed E-state index contributed by atoms with van der Waals surface area (Å²) in [6, 6.07) is 11.9. The summed E-state index contributed by atoms with van der Waals surface area (Å²) in [5.74, 6) is -2.90. The van der Waals surface area contributed by atoms with Crippen molar-refractivity contribution in [2.45, 2.75) is 63.4 Å². The second-order valence-electron chi connectivity index (χ2n) is 11.7. The van der Waals surface area contributed by atoms with Crippen molar-refractivity contribution in [2.75, 3.05) is 37.3 Å². The Hall–Kier alpha value is -3.61. The molecule has 4 aromatic rings. The molecule has 2 aromatic heterocycles. The number of anilines is 2. The largest absolute Gasteiger partial charge is 0.383 e. The van der Waals surface area contributed by atoms with Crippen LogP contribution in [0.1, 0.15) is 51.1 Å². The molecule has 1 fully saturated rings. The number of nitrogens with one attached hydrogen (secondary N) is 2. The van der Waals surface area contributed by atoms with Crippen molar-refractivity contribution in [2.24, 2.45) is 0 Å². The molecule has 0 bridgehead atoms. The lowest BCUT2D eigenvalue weighted by Gasteiger charge is -2.34. The van der Waals surface area contributed by atoms with Crippen LogP contribution in [0.2, 0.25) is 0 Å². The molecule has 0 aliphatic heterocycles. The predicted octanol–water partition coefficient (Wildman–Crippen LogP) is 7.02. The van der Waals surface area contributed by atoms with Crippen LogP contribution < -0.4 is 15.6 Å². The zero-order valence-corrected chi connectivity index (χ0v) is 26.8. The fourth-order valence-electron chi connectivity index (χ4n) is 5.77. The zero-order valence-electron chi connectivity index (χ0n) is 25.9. The van der Waals surface area contributed by atoms with Gasteiger partial charge in [-0.2, -0.15) is 4.98 Å². The number of nitrogens with zero attached hydrogens (tertiary/aromatic N) is 4. The number of hydrogen-bond donors (Lipinski definition) is 2. The predicted molar refractivity (Wildman–Crippen MR) is 175 cm³/mol. The first-order valence-electron chi connectivity index (χ1n) is 15.2. The van der Waals surface area contributed by atoms with E-state index in [0.717, 1.165) is 55.8 Å². The maximum absolute atomic E-state index is 15.5. The lowest BCUT2D eigenvalue weighted by molar-refractivity contribution is 0.121. The molecular formula is C33H39F3N6O2S. The molecule has 0 spiro atoms. The average molecular weight is 641 g/mol. The van der Waals surface area contributed by atoms with Crippen LogP contribution in [-0.2, 0) is 10.5 Å². The molecule has 1 aliphatic rings. The highest BCUT2D eigenvalue weighted by Crippen LogP contribution is 2.33. The molecule has 5 rings (SSSR count). The minimum absolute atomic E-state index is 0.171. The number of halogens is 3. The summed E-state index contributed by atoms with van der Waals surface area (Å²) in [7, 11) is 3.83. The van der Waals surface area contributed by atoms with Crippen molar-refractivity contribution in [1.82, 2.24) is 19.4 Å². The van der Waals surface area contributed by atoms with Gasteiger partial charge in [-0.3, -0.25) is 9.36 Å². The second kappa shape index (κ2) is 14.7. The van der Waals surface area contributed by atoms with E-state index in [0.29, 0.717) is 35.4 Å². The minimum atomic E-state index is -1.39. The van der Waals surface area contributed by atoms with Crippen molar-refractivity contribution in [1.29, 1.82) is 0 Å². The van der Waals surface area contributed by atoms with Crippen molar-refractivity contribution >= 4 is 34.6 Å². The summed E-state index contributed by atoms with van der Waals surface area (Å²) in [5.41, 5.74) is -0.529. The van der Waals surface area contributed by atoms with Gasteiger partial charge < -0.3 is 19.7 Å². The summed E-state index contributed by atoms with van der Waals surface area (Å²) in [5, 5.41) is 3.87. The van der Waals surface area contributed by atoms with Crippen molar-refractivity contribution in [3.05, 3.63) is 82.0 Å². The van der Waals surface area contributed by atoms with Crippen LogP contribution in [0.3, 0.4) is 0 Å². The third kappa shape index (κ3) is 7.45. The normalized spacial score (nSPS) is 16.9. The van der Waals surface area contributed by atoms with Crippen molar-refractivity contribution in [3.8, 4) is 11.1 Å². The van der Waals surface area contributed by atoms with Gasteiger partial charge in [0.05, 0.1) is 12.2 Å². The van der Waals surface area contributed by atoms with E-state index < -0.39 is 34.3 Å². The Morgan fingerprint density at radius 3 is 2.49 bits per heavy atom. The molecular weight excluding hydrogens is 601 g/mol. The lowest BCUT2D eigenvalue weighted by atomic mass is 9.90. The fourth-order valence-corrected chi connectivity index (χ4v) is 6.54. The summed E-state index contributed by atoms with van der Waals surface area (Å²) >= 11 is 1.04. The molecule has 240 valence electrons. The zero-order chi connectivity index (χ0) is 32.1. The van der Waals surface area contributed by atoms with Gasteiger partial charge in [0.1, 0.15) is 11.3 Å². The highest BCUT2D eigenvalue weighted by atomic mass is 32.2. The summed E-state index contributed by atoms with van der Waals surface area (Å²) in [6.07, 6.45) is 5.52. The van der Waals surface area contributed by atoms with Crippen LogP contribution >= 0.6 is 11.9 Å². The van der Waals surface area contributed by atoms with E-state index in [-0.39, 0.29) is 17.6 Å². The third-order valence-corrected chi connectivity index (χ3v) is 9.12. The molecule has 0 unspecified atom stereocenters. The standard InChI is InChI=1S/C33H39F3N6O2S/c1-20(2)42-31-22(18-37-33(39-31)38-23-10-12-24(13-11-23)41(3)14-15-44-4)16-26(32(42)43)25-17-27(34)30(29(36)28(25)35)40-45-19-21-8-6-5-7-9-21/h5-9,16-18,20,23-24,40H,10-15,19H2,1-4H3,(H,37,38,39). The Morgan fingerprint density at radius 2 is 1.80 bits per heavy atom. The number of ether oxygens (including phenoxy) is 1.